The highest BCUT2D eigenvalue weighted by atomic mass is 15.3. The molecule has 1 aromatic heterocycles. The van der Waals surface area contributed by atoms with Gasteiger partial charge in [-0.1, -0.05) is 27.2 Å². The van der Waals surface area contributed by atoms with E-state index in [0.29, 0.717) is 6.04 Å². The van der Waals surface area contributed by atoms with Crippen LogP contribution in [0.3, 0.4) is 0 Å². The molecule has 0 aliphatic heterocycles. The lowest BCUT2D eigenvalue weighted by Gasteiger charge is -2.28. The van der Waals surface area contributed by atoms with Crippen LogP contribution in [0.5, 0.6) is 0 Å². The number of rotatable bonds is 7. The molecule has 0 fully saturated rings. The average Bonchev–Trinajstić information content (AvgIpc) is 2.39. The topological polar surface area (TPSA) is 29.0 Å². The Bertz CT molecular complexity index is 325. The third-order valence-electron chi connectivity index (χ3n) is 3.20. The molecule has 0 radical (unpaired) electrons. The van der Waals surface area contributed by atoms with Gasteiger partial charge < -0.3 is 4.90 Å². The van der Waals surface area contributed by atoms with E-state index in [9.17, 15) is 0 Å². The van der Waals surface area contributed by atoms with E-state index in [-0.39, 0.29) is 0 Å². The van der Waals surface area contributed by atoms with E-state index in [4.69, 9.17) is 0 Å². The summed E-state index contributed by atoms with van der Waals surface area (Å²) in [4.78, 5) is 11.4. The van der Waals surface area contributed by atoms with Gasteiger partial charge in [-0.25, -0.2) is 9.97 Å². The second-order valence-corrected chi connectivity index (χ2v) is 4.51. The average molecular weight is 235 g/mol. The summed E-state index contributed by atoms with van der Waals surface area (Å²) in [5.74, 6) is 0.896. The Morgan fingerprint density at radius 1 is 1.29 bits per heavy atom. The molecule has 3 heteroatoms. The summed E-state index contributed by atoms with van der Waals surface area (Å²) < 4.78 is 0. The number of hydrogen-bond acceptors (Lipinski definition) is 3. The molecule has 1 atom stereocenters. The molecule has 0 amide bonds. The maximum Gasteiger partial charge on any atom is 0.225 e. The predicted octanol–water partition coefficient (Wildman–Crippen LogP) is 3.44. The Balaban J connectivity index is 2.86. The molecule has 0 aliphatic rings. The Morgan fingerprint density at radius 2 is 2.06 bits per heavy atom. The standard InChI is InChI=1S/C14H25N3/c1-5-8-11-17(12(4)6-2)14-15-10-9-13(7-3)16-14/h9-10,12H,5-8,11H2,1-4H3. The van der Waals surface area contributed by atoms with Gasteiger partial charge >= 0.3 is 0 Å². The van der Waals surface area contributed by atoms with Crippen LogP contribution in [-0.2, 0) is 6.42 Å². The predicted molar refractivity (Wildman–Crippen MR) is 73.4 cm³/mol. The van der Waals surface area contributed by atoms with Gasteiger partial charge in [0.2, 0.25) is 5.95 Å². The van der Waals surface area contributed by atoms with E-state index < -0.39 is 0 Å². The van der Waals surface area contributed by atoms with Crippen LogP contribution in [0.4, 0.5) is 5.95 Å². The highest BCUT2D eigenvalue weighted by molar-refractivity contribution is 5.31. The van der Waals surface area contributed by atoms with Crippen molar-refractivity contribution in [3.8, 4) is 0 Å². The smallest absolute Gasteiger partial charge is 0.225 e. The SMILES string of the molecule is CCCCN(c1nccc(CC)n1)C(C)CC. The normalized spacial score (nSPS) is 12.5. The second-order valence-electron chi connectivity index (χ2n) is 4.51. The van der Waals surface area contributed by atoms with Gasteiger partial charge in [-0.2, -0.15) is 0 Å². The number of nitrogens with zero attached hydrogens (tertiary/aromatic N) is 3. The first-order valence-corrected chi connectivity index (χ1v) is 6.81. The molecule has 1 heterocycles. The molecule has 1 rings (SSSR count). The number of anilines is 1. The van der Waals surface area contributed by atoms with E-state index >= 15 is 0 Å². The Morgan fingerprint density at radius 3 is 2.65 bits per heavy atom. The molecule has 17 heavy (non-hydrogen) atoms. The van der Waals surface area contributed by atoms with Gasteiger partial charge in [0.25, 0.3) is 0 Å². The van der Waals surface area contributed by atoms with E-state index in [0.717, 1.165) is 31.0 Å². The first-order valence-electron chi connectivity index (χ1n) is 6.81. The van der Waals surface area contributed by atoms with Crippen LogP contribution in [0.15, 0.2) is 12.3 Å². The molecule has 0 saturated heterocycles. The van der Waals surface area contributed by atoms with Crippen molar-refractivity contribution in [1.82, 2.24) is 9.97 Å². The van der Waals surface area contributed by atoms with Crippen molar-refractivity contribution < 1.29 is 0 Å². The molecular formula is C14H25N3. The van der Waals surface area contributed by atoms with Crippen molar-refractivity contribution in [2.75, 3.05) is 11.4 Å². The van der Waals surface area contributed by atoms with Crippen LogP contribution < -0.4 is 4.90 Å². The van der Waals surface area contributed by atoms with E-state index in [2.05, 4.69) is 42.6 Å². The first kappa shape index (κ1) is 13.9. The molecule has 0 aromatic carbocycles. The molecule has 1 unspecified atom stereocenters. The minimum absolute atomic E-state index is 0.508. The third-order valence-corrected chi connectivity index (χ3v) is 3.20. The zero-order chi connectivity index (χ0) is 12.7. The van der Waals surface area contributed by atoms with Gasteiger partial charge in [-0.15, -0.1) is 0 Å². The lowest BCUT2D eigenvalue weighted by atomic mass is 10.2. The number of unbranched alkanes of at least 4 members (excludes halogenated alkanes) is 1. The Kier molecular flexibility index (Phi) is 5.95. The fraction of sp³-hybridized carbons (Fsp3) is 0.714. The number of hydrogen-bond donors (Lipinski definition) is 0. The number of aryl methyl sites for hydroxylation is 1. The van der Waals surface area contributed by atoms with Gasteiger partial charge in [-0.3, -0.25) is 0 Å². The fourth-order valence-electron chi connectivity index (χ4n) is 1.79. The maximum absolute atomic E-state index is 4.63. The van der Waals surface area contributed by atoms with Crippen molar-refractivity contribution in [3.63, 3.8) is 0 Å². The second kappa shape index (κ2) is 7.25. The van der Waals surface area contributed by atoms with Crippen molar-refractivity contribution in [2.45, 2.75) is 59.4 Å². The summed E-state index contributed by atoms with van der Waals surface area (Å²) in [6.07, 6.45) is 6.38. The minimum Gasteiger partial charge on any atom is -0.338 e. The van der Waals surface area contributed by atoms with E-state index in [1.165, 1.54) is 12.8 Å². The van der Waals surface area contributed by atoms with Crippen molar-refractivity contribution in [3.05, 3.63) is 18.0 Å². The van der Waals surface area contributed by atoms with Crippen LogP contribution in [0.1, 0.15) is 52.7 Å². The number of aromatic nitrogens is 2. The summed E-state index contributed by atoms with van der Waals surface area (Å²) in [5.41, 5.74) is 1.12. The minimum atomic E-state index is 0.508. The molecule has 0 saturated carbocycles. The van der Waals surface area contributed by atoms with Gasteiger partial charge in [0.1, 0.15) is 0 Å². The zero-order valence-corrected chi connectivity index (χ0v) is 11.6. The molecular weight excluding hydrogens is 210 g/mol. The maximum atomic E-state index is 4.63. The van der Waals surface area contributed by atoms with Gasteiger partial charge in [0, 0.05) is 24.5 Å². The van der Waals surface area contributed by atoms with Crippen LogP contribution in [0.2, 0.25) is 0 Å². The van der Waals surface area contributed by atoms with Gasteiger partial charge in [0.05, 0.1) is 0 Å². The summed E-state index contributed by atoms with van der Waals surface area (Å²) >= 11 is 0. The molecule has 0 aliphatic carbocycles. The summed E-state index contributed by atoms with van der Waals surface area (Å²) in [5, 5.41) is 0. The van der Waals surface area contributed by atoms with Crippen LogP contribution in [0, 0.1) is 0 Å². The van der Waals surface area contributed by atoms with Crippen molar-refractivity contribution >= 4 is 5.95 Å². The summed E-state index contributed by atoms with van der Waals surface area (Å²) in [6.45, 7) is 9.87. The molecule has 1 aromatic rings. The van der Waals surface area contributed by atoms with Gasteiger partial charge in [0.15, 0.2) is 0 Å². The Hall–Kier alpha value is -1.12. The van der Waals surface area contributed by atoms with Crippen LogP contribution >= 0.6 is 0 Å². The van der Waals surface area contributed by atoms with E-state index in [1.807, 2.05) is 12.3 Å². The lowest BCUT2D eigenvalue weighted by Crippen LogP contribution is -2.35. The molecule has 0 spiro atoms. The monoisotopic (exact) mass is 235 g/mol. The van der Waals surface area contributed by atoms with E-state index in [1.54, 1.807) is 0 Å². The quantitative estimate of drug-likeness (QED) is 0.725. The van der Waals surface area contributed by atoms with Crippen LogP contribution in [0.25, 0.3) is 0 Å². The molecule has 0 bridgehead atoms. The molecule has 0 N–H and O–H groups in total. The summed E-state index contributed by atoms with van der Waals surface area (Å²) in [7, 11) is 0. The van der Waals surface area contributed by atoms with Crippen LogP contribution in [-0.4, -0.2) is 22.6 Å². The summed E-state index contributed by atoms with van der Waals surface area (Å²) in [6, 6.07) is 2.51. The molecule has 3 nitrogen and oxygen atoms in total. The van der Waals surface area contributed by atoms with Crippen molar-refractivity contribution in [2.24, 2.45) is 0 Å². The lowest BCUT2D eigenvalue weighted by molar-refractivity contribution is 0.581. The molecule has 96 valence electrons. The Labute approximate surface area is 105 Å². The highest BCUT2D eigenvalue weighted by Gasteiger charge is 2.15. The van der Waals surface area contributed by atoms with Crippen molar-refractivity contribution in [1.29, 1.82) is 0 Å². The largest absolute Gasteiger partial charge is 0.338 e. The first-order chi connectivity index (χ1) is 8.22. The zero-order valence-electron chi connectivity index (χ0n) is 11.6. The third kappa shape index (κ3) is 3.99. The van der Waals surface area contributed by atoms with Gasteiger partial charge in [-0.05, 0) is 32.3 Å². The fourth-order valence-corrected chi connectivity index (χ4v) is 1.79. The highest BCUT2D eigenvalue weighted by Crippen LogP contribution is 2.15.